The van der Waals surface area contributed by atoms with Gasteiger partial charge in [-0.2, -0.15) is 12.7 Å². The molecule has 0 aromatic carbocycles. The number of thiophene rings is 1. The standard InChI is InChI=1S/C13H19N3O4S2/c1-9(2)3-5-11(14-18)12-6-4-10(21-12)7-16-8-13(17)15-22(16,19)20/h4,6,9,18H,3,5,7-8H2,1-2H3,(H,15,17). The Morgan fingerprint density at radius 1 is 1.50 bits per heavy atom. The zero-order valence-electron chi connectivity index (χ0n) is 12.4. The molecule has 22 heavy (non-hydrogen) atoms. The average Bonchev–Trinajstić information content (AvgIpc) is 2.95. The van der Waals surface area contributed by atoms with Crippen molar-refractivity contribution in [3.05, 3.63) is 21.9 Å². The van der Waals surface area contributed by atoms with Crippen LogP contribution in [0.1, 0.15) is 36.4 Å². The van der Waals surface area contributed by atoms with Gasteiger partial charge in [-0.05, 0) is 30.9 Å². The molecule has 1 aromatic rings. The summed E-state index contributed by atoms with van der Waals surface area (Å²) in [4.78, 5) is 12.8. The largest absolute Gasteiger partial charge is 0.411 e. The van der Waals surface area contributed by atoms with Gasteiger partial charge >= 0.3 is 10.2 Å². The molecule has 0 saturated carbocycles. The summed E-state index contributed by atoms with van der Waals surface area (Å²) < 4.78 is 26.4. The van der Waals surface area contributed by atoms with Crippen LogP contribution in [-0.2, 0) is 21.5 Å². The second kappa shape index (κ2) is 6.76. The Balaban J connectivity index is 2.07. The molecular formula is C13H19N3O4S2. The van der Waals surface area contributed by atoms with Crippen LogP contribution in [0.3, 0.4) is 0 Å². The molecule has 1 saturated heterocycles. The summed E-state index contributed by atoms with van der Waals surface area (Å²) in [5.41, 5.74) is 0.600. The molecule has 0 unspecified atom stereocenters. The predicted octanol–water partition coefficient (Wildman–Crippen LogP) is 1.54. The van der Waals surface area contributed by atoms with Crippen molar-refractivity contribution in [2.75, 3.05) is 6.54 Å². The maximum atomic E-state index is 11.7. The number of carbonyl (C=O) groups is 1. The molecule has 2 rings (SSSR count). The summed E-state index contributed by atoms with van der Waals surface area (Å²) in [7, 11) is -3.71. The first-order valence-electron chi connectivity index (χ1n) is 6.92. The van der Waals surface area contributed by atoms with Gasteiger partial charge in [0, 0.05) is 4.88 Å². The van der Waals surface area contributed by atoms with Gasteiger partial charge in [0.05, 0.1) is 23.7 Å². The molecule has 2 heterocycles. The maximum Gasteiger partial charge on any atom is 0.304 e. The van der Waals surface area contributed by atoms with Gasteiger partial charge in [0.15, 0.2) is 0 Å². The van der Waals surface area contributed by atoms with E-state index in [0.717, 1.165) is 20.5 Å². The molecule has 0 aliphatic carbocycles. The number of amides is 1. The molecule has 122 valence electrons. The van der Waals surface area contributed by atoms with Crippen LogP contribution in [0.25, 0.3) is 0 Å². The summed E-state index contributed by atoms with van der Waals surface area (Å²) >= 11 is 1.37. The van der Waals surface area contributed by atoms with E-state index in [2.05, 4.69) is 19.0 Å². The van der Waals surface area contributed by atoms with Crippen molar-refractivity contribution in [1.82, 2.24) is 9.03 Å². The quantitative estimate of drug-likeness (QED) is 0.464. The van der Waals surface area contributed by atoms with E-state index in [1.807, 2.05) is 10.8 Å². The number of carbonyl (C=O) groups excluding carboxylic acids is 1. The van der Waals surface area contributed by atoms with Gasteiger partial charge in [0.25, 0.3) is 0 Å². The highest BCUT2D eigenvalue weighted by Gasteiger charge is 2.33. The lowest BCUT2D eigenvalue weighted by atomic mass is 10.0. The minimum atomic E-state index is -3.71. The average molecular weight is 345 g/mol. The Kier molecular flexibility index (Phi) is 5.20. The van der Waals surface area contributed by atoms with Crippen molar-refractivity contribution in [2.45, 2.75) is 33.2 Å². The number of oxime groups is 1. The molecule has 7 nitrogen and oxygen atoms in total. The Labute approximate surface area is 133 Å². The number of hydrogen-bond donors (Lipinski definition) is 2. The van der Waals surface area contributed by atoms with E-state index >= 15 is 0 Å². The molecule has 1 amide bonds. The molecule has 1 aliphatic heterocycles. The van der Waals surface area contributed by atoms with Crippen LogP contribution in [0, 0.1) is 5.92 Å². The van der Waals surface area contributed by atoms with Crippen LogP contribution in [-0.4, -0.2) is 36.1 Å². The summed E-state index contributed by atoms with van der Waals surface area (Å²) in [6.45, 7) is 4.16. The normalized spacial score (nSPS) is 18.9. The summed E-state index contributed by atoms with van der Waals surface area (Å²) in [5, 5.41) is 12.5. The first-order chi connectivity index (χ1) is 10.3. The highest BCUT2D eigenvalue weighted by atomic mass is 32.2. The third kappa shape index (κ3) is 4.05. The van der Waals surface area contributed by atoms with E-state index in [9.17, 15) is 13.2 Å². The molecular weight excluding hydrogens is 326 g/mol. The van der Waals surface area contributed by atoms with Gasteiger partial charge in [-0.1, -0.05) is 19.0 Å². The lowest BCUT2D eigenvalue weighted by Crippen LogP contribution is -2.28. The minimum Gasteiger partial charge on any atom is -0.411 e. The van der Waals surface area contributed by atoms with Gasteiger partial charge in [0.2, 0.25) is 5.91 Å². The zero-order chi connectivity index (χ0) is 16.3. The highest BCUT2D eigenvalue weighted by Crippen LogP contribution is 2.23. The molecule has 0 atom stereocenters. The van der Waals surface area contributed by atoms with Crippen molar-refractivity contribution in [3.63, 3.8) is 0 Å². The first-order valence-corrected chi connectivity index (χ1v) is 9.18. The molecule has 9 heteroatoms. The predicted molar refractivity (Wildman–Crippen MR) is 84.2 cm³/mol. The van der Waals surface area contributed by atoms with E-state index in [1.165, 1.54) is 11.3 Å². The van der Waals surface area contributed by atoms with Crippen LogP contribution in [0.4, 0.5) is 0 Å². The van der Waals surface area contributed by atoms with Gasteiger partial charge in [-0.15, -0.1) is 11.3 Å². The second-order valence-electron chi connectivity index (χ2n) is 5.54. The Bertz CT molecular complexity index is 679. The van der Waals surface area contributed by atoms with E-state index in [1.54, 1.807) is 6.07 Å². The van der Waals surface area contributed by atoms with E-state index in [4.69, 9.17) is 5.21 Å². The third-order valence-corrected chi connectivity index (χ3v) is 5.80. The van der Waals surface area contributed by atoms with Crippen molar-refractivity contribution in [1.29, 1.82) is 0 Å². The fraction of sp³-hybridized carbons (Fsp3) is 0.538. The first kappa shape index (κ1) is 16.9. The fourth-order valence-corrected chi connectivity index (χ4v) is 4.26. The monoisotopic (exact) mass is 345 g/mol. The topological polar surface area (TPSA) is 99.1 Å². The van der Waals surface area contributed by atoms with Crippen LogP contribution >= 0.6 is 11.3 Å². The third-order valence-electron chi connectivity index (χ3n) is 3.26. The maximum absolute atomic E-state index is 11.7. The van der Waals surface area contributed by atoms with Crippen LogP contribution in [0.5, 0.6) is 0 Å². The Hall–Kier alpha value is -1.45. The van der Waals surface area contributed by atoms with Crippen molar-refractivity contribution in [2.24, 2.45) is 11.1 Å². The van der Waals surface area contributed by atoms with E-state index < -0.39 is 16.1 Å². The summed E-state index contributed by atoms with van der Waals surface area (Å²) in [6.07, 6.45) is 1.57. The Morgan fingerprint density at radius 2 is 2.23 bits per heavy atom. The van der Waals surface area contributed by atoms with Crippen molar-refractivity contribution in [3.8, 4) is 0 Å². The van der Waals surface area contributed by atoms with Gasteiger partial charge < -0.3 is 5.21 Å². The lowest BCUT2D eigenvalue weighted by molar-refractivity contribution is -0.118. The van der Waals surface area contributed by atoms with Crippen molar-refractivity contribution >= 4 is 33.2 Å². The van der Waals surface area contributed by atoms with Crippen LogP contribution < -0.4 is 4.72 Å². The smallest absolute Gasteiger partial charge is 0.304 e. The minimum absolute atomic E-state index is 0.134. The molecule has 2 N–H and O–H groups in total. The van der Waals surface area contributed by atoms with Crippen LogP contribution in [0.15, 0.2) is 17.3 Å². The lowest BCUT2D eigenvalue weighted by Gasteiger charge is -2.10. The second-order valence-corrected chi connectivity index (χ2v) is 8.38. The molecule has 0 radical (unpaired) electrons. The molecule has 0 bridgehead atoms. The Morgan fingerprint density at radius 3 is 2.77 bits per heavy atom. The van der Waals surface area contributed by atoms with Gasteiger partial charge in [-0.3, -0.25) is 4.79 Å². The SMILES string of the molecule is CC(C)CCC(=NO)c1ccc(CN2CC(=O)NS2(=O)=O)s1. The van der Waals surface area contributed by atoms with Crippen LogP contribution in [0.2, 0.25) is 0 Å². The molecule has 1 aliphatic rings. The zero-order valence-corrected chi connectivity index (χ0v) is 14.1. The number of nitrogens with zero attached hydrogens (tertiary/aromatic N) is 2. The molecule has 1 aromatic heterocycles. The number of rotatable bonds is 6. The van der Waals surface area contributed by atoms with E-state index in [-0.39, 0.29) is 13.1 Å². The molecule has 1 fully saturated rings. The summed E-state index contributed by atoms with van der Waals surface area (Å²) in [5.74, 6) is -0.0191. The fourth-order valence-electron chi connectivity index (χ4n) is 2.07. The summed E-state index contributed by atoms with van der Waals surface area (Å²) in [6, 6.07) is 3.60. The number of nitrogens with one attached hydrogen (secondary N) is 1. The number of hydrogen-bond acceptors (Lipinski definition) is 6. The molecule has 0 spiro atoms. The van der Waals surface area contributed by atoms with Crippen molar-refractivity contribution < 1.29 is 18.4 Å². The van der Waals surface area contributed by atoms with Gasteiger partial charge in [-0.25, -0.2) is 4.72 Å². The highest BCUT2D eigenvalue weighted by molar-refractivity contribution is 7.88. The van der Waals surface area contributed by atoms with E-state index in [0.29, 0.717) is 18.1 Å². The van der Waals surface area contributed by atoms with Gasteiger partial charge in [0.1, 0.15) is 0 Å².